The van der Waals surface area contributed by atoms with Crippen LogP contribution in [0.25, 0.3) is 0 Å². The zero-order valence-electron chi connectivity index (χ0n) is 4.25. The Kier molecular flexibility index (Phi) is 3.77. The third kappa shape index (κ3) is 2.96. The Balaban J connectivity index is 3.62. The maximum Gasteiger partial charge on any atom is 0.312 e. The van der Waals surface area contributed by atoms with Crippen LogP contribution in [0.15, 0.2) is 11.2 Å². The highest BCUT2D eigenvalue weighted by molar-refractivity contribution is 8.02. The number of halogens is 3. The van der Waals surface area contributed by atoms with Gasteiger partial charge in [0, 0.05) is 0 Å². The lowest BCUT2D eigenvalue weighted by Gasteiger charge is -1.86. The van der Waals surface area contributed by atoms with E-state index in [-0.39, 0.29) is 0 Å². The summed E-state index contributed by atoms with van der Waals surface area (Å²) in [7, 11) is 0. The van der Waals surface area contributed by atoms with E-state index in [1.54, 1.807) is 6.92 Å². The average Bonchev–Trinajstić information content (AvgIpc) is 1.67. The van der Waals surface area contributed by atoms with Crippen molar-refractivity contribution in [2.24, 2.45) is 0 Å². The molecular weight excluding hydrogens is 137 g/mol. The van der Waals surface area contributed by atoms with E-state index in [0.29, 0.717) is 17.5 Å². The van der Waals surface area contributed by atoms with E-state index in [1.807, 2.05) is 0 Å². The molecule has 0 radical (unpaired) electrons. The molecule has 48 valence electrons. The van der Waals surface area contributed by atoms with E-state index in [0.717, 1.165) is 0 Å². The molecule has 0 aliphatic carbocycles. The van der Waals surface area contributed by atoms with Crippen LogP contribution in [0, 0.1) is 0 Å². The van der Waals surface area contributed by atoms with Crippen LogP contribution in [0.2, 0.25) is 0 Å². The molecule has 0 atom stereocenters. The van der Waals surface area contributed by atoms with Gasteiger partial charge in [0.1, 0.15) is 0 Å². The van der Waals surface area contributed by atoms with Crippen molar-refractivity contribution in [3.05, 3.63) is 11.2 Å². The van der Waals surface area contributed by atoms with Gasteiger partial charge in [-0.2, -0.15) is 13.2 Å². The number of hydrogen-bond donors (Lipinski definition) is 0. The van der Waals surface area contributed by atoms with Gasteiger partial charge in [-0.05, 0) is 5.75 Å². The SMILES string of the molecule is CCSC(F)=C(F)F. The monoisotopic (exact) mass is 142 g/mol. The first kappa shape index (κ1) is 7.88. The predicted octanol–water partition coefficient (Wildman–Crippen LogP) is 2.77. The standard InChI is InChI=1S/C4H5F3S/c1-2-8-4(7)3(5)6/h2H2,1H3. The highest BCUT2D eigenvalue weighted by atomic mass is 32.2. The zero-order valence-corrected chi connectivity index (χ0v) is 5.07. The fourth-order valence-corrected chi connectivity index (χ4v) is 0.544. The van der Waals surface area contributed by atoms with E-state index < -0.39 is 11.2 Å². The molecule has 0 spiro atoms. The van der Waals surface area contributed by atoms with Gasteiger partial charge in [-0.15, -0.1) is 0 Å². The molecule has 0 bridgehead atoms. The van der Waals surface area contributed by atoms with Gasteiger partial charge in [-0.25, -0.2) is 0 Å². The minimum atomic E-state index is -2.23. The highest BCUT2D eigenvalue weighted by Crippen LogP contribution is 2.21. The van der Waals surface area contributed by atoms with E-state index in [4.69, 9.17) is 0 Å². The maximum atomic E-state index is 11.6. The molecule has 0 N–H and O–H groups in total. The van der Waals surface area contributed by atoms with Gasteiger partial charge in [0.2, 0.25) is 5.16 Å². The Labute approximate surface area is 49.8 Å². The van der Waals surface area contributed by atoms with Crippen LogP contribution >= 0.6 is 11.8 Å². The van der Waals surface area contributed by atoms with Crippen LogP contribution in [0.1, 0.15) is 6.92 Å². The summed E-state index contributed by atoms with van der Waals surface area (Å²) in [5.74, 6) is 0.336. The first-order valence-corrected chi connectivity index (χ1v) is 3.00. The molecule has 0 aliphatic rings. The van der Waals surface area contributed by atoms with Crippen LogP contribution in [-0.2, 0) is 0 Å². The molecule has 0 rings (SSSR count). The van der Waals surface area contributed by atoms with Crippen molar-refractivity contribution in [2.45, 2.75) is 6.92 Å². The second-order valence-electron chi connectivity index (χ2n) is 0.967. The normalized spacial score (nSPS) is 9.00. The molecule has 0 amide bonds. The van der Waals surface area contributed by atoms with Gasteiger partial charge in [0.25, 0.3) is 0 Å². The van der Waals surface area contributed by atoms with Gasteiger partial charge < -0.3 is 0 Å². The fourth-order valence-electron chi connectivity index (χ4n) is 0.181. The van der Waals surface area contributed by atoms with Crippen molar-refractivity contribution >= 4 is 11.8 Å². The third-order valence-corrected chi connectivity index (χ3v) is 1.12. The van der Waals surface area contributed by atoms with E-state index >= 15 is 0 Å². The Morgan fingerprint density at radius 2 is 1.88 bits per heavy atom. The third-order valence-electron chi connectivity index (χ3n) is 0.420. The highest BCUT2D eigenvalue weighted by Gasteiger charge is 2.01. The van der Waals surface area contributed by atoms with Gasteiger partial charge in [0.05, 0.1) is 0 Å². The molecule has 0 aliphatic heterocycles. The molecular formula is C4H5F3S. The zero-order chi connectivity index (χ0) is 6.57. The van der Waals surface area contributed by atoms with Crippen molar-refractivity contribution in [1.82, 2.24) is 0 Å². The van der Waals surface area contributed by atoms with Crippen LogP contribution in [0.5, 0.6) is 0 Å². The Hall–Kier alpha value is -0.120. The Morgan fingerprint density at radius 3 is 2.00 bits per heavy atom. The maximum absolute atomic E-state index is 11.6. The second kappa shape index (κ2) is 3.83. The molecule has 8 heavy (non-hydrogen) atoms. The van der Waals surface area contributed by atoms with E-state index in [9.17, 15) is 13.2 Å². The van der Waals surface area contributed by atoms with Crippen molar-refractivity contribution in [3.8, 4) is 0 Å². The van der Waals surface area contributed by atoms with Crippen molar-refractivity contribution in [1.29, 1.82) is 0 Å². The average molecular weight is 142 g/mol. The number of rotatable bonds is 2. The Bertz CT molecular complexity index is 95.5. The molecule has 0 aromatic carbocycles. The van der Waals surface area contributed by atoms with E-state index in [1.165, 1.54) is 0 Å². The lowest BCUT2D eigenvalue weighted by atomic mass is 11.0. The quantitative estimate of drug-likeness (QED) is 0.571. The van der Waals surface area contributed by atoms with E-state index in [2.05, 4.69) is 0 Å². The molecule has 4 heteroatoms. The van der Waals surface area contributed by atoms with Crippen molar-refractivity contribution in [3.63, 3.8) is 0 Å². The van der Waals surface area contributed by atoms with Crippen LogP contribution in [0.4, 0.5) is 13.2 Å². The lowest BCUT2D eigenvalue weighted by molar-refractivity contribution is 0.395. The molecule has 0 fully saturated rings. The summed E-state index contributed by atoms with van der Waals surface area (Å²) in [6.07, 6.45) is -2.23. The Morgan fingerprint density at radius 1 is 1.38 bits per heavy atom. The molecule has 0 unspecified atom stereocenters. The first-order valence-electron chi connectivity index (χ1n) is 2.02. The van der Waals surface area contributed by atoms with Gasteiger partial charge in [-0.3, -0.25) is 0 Å². The minimum Gasteiger partial charge on any atom is -0.193 e. The van der Waals surface area contributed by atoms with Crippen LogP contribution in [-0.4, -0.2) is 5.75 Å². The summed E-state index contributed by atoms with van der Waals surface area (Å²) in [6.45, 7) is 1.60. The topological polar surface area (TPSA) is 0 Å². The van der Waals surface area contributed by atoms with Crippen molar-refractivity contribution in [2.75, 3.05) is 5.75 Å². The van der Waals surface area contributed by atoms with Crippen molar-refractivity contribution < 1.29 is 13.2 Å². The summed E-state index contributed by atoms with van der Waals surface area (Å²) < 4.78 is 33.8. The summed E-state index contributed by atoms with van der Waals surface area (Å²) in [5.41, 5.74) is 0. The van der Waals surface area contributed by atoms with Crippen LogP contribution in [0.3, 0.4) is 0 Å². The molecule has 0 heterocycles. The summed E-state index contributed by atoms with van der Waals surface area (Å²) in [5, 5.41) is -1.37. The molecule has 0 aromatic rings. The minimum absolute atomic E-state index is 0.336. The predicted molar refractivity (Wildman–Crippen MR) is 28.5 cm³/mol. The molecule has 0 saturated carbocycles. The smallest absolute Gasteiger partial charge is 0.193 e. The summed E-state index contributed by atoms with van der Waals surface area (Å²) in [6, 6.07) is 0. The first-order chi connectivity index (χ1) is 3.68. The molecule has 0 saturated heterocycles. The largest absolute Gasteiger partial charge is 0.312 e. The summed E-state index contributed by atoms with van der Waals surface area (Å²) in [4.78, 5) is 0. The molecule has 0 nitrogen and oxygen atoms in total. The summed E-state index contributed by atoms with van der Waals surface area (Å²) >= 11 is 0.502. The number of hydrogen-bond acceptors (Lipinski definition) is 1. The molecule has 0 aromatic heterocycles. The van der Waals surface area contributed by atoms with Crippen LogP contribution < -0.4 is 0 Å². The number of thioether (sulfide) groups is 1. The fraction of sp³-hybridized carbons (Fsp3) is 0.500. The van der Waals surface area contributed by atoms with Gasteiger partial charge in [-0.1, -0.05) is 18.7 Å². The lowest BCUT2D eigenvalue weighted by Crippen LogP contribution is -1.68. The van der Waals surface area contributed by atoms with Gasteiger partial charge in [0.15, 0.2) is 0 Å². The second-order valence-corrected chi connectivity index (χ2v) is 2.19. The van der Waals surface area contributed by atoms with Gasteiger partial charge >= 0.3 is 6.08 Å².